The first-order chi connectivity index (χ1) is 31.5. The molecule has 0 spiro atoms. The molecule has 0 unspecified atom stereocenters. The van der Waals surface area contributed by atoms with Crippen LogP contribution in [0.25, 0.3) is 116 Å². The van der Waals surface area contributed by atoms with E-state index in [1.165, 1.54) is 65.3 Å². The third-order valence-electron chi connectivity index (χ3n) is 13.6. The molecule has 0 amide bonds. The highest BCUT2D eigenvalue weighted by molar-refractivity contribution is 6.25. The molecule has 4 heteroatoms. The standard InChI is InChI=1S/C60H40N4/c1-60(2)53-25-13-10-22-48(53)49-31-29-39(36-54(49)60)58-61-57(37-16-4-3-5-17-37)62-59(63-58)41-32-40(33-42(34-41)64-55-26-14-11-23-50(55)51-24-12-15-27-56(51)64)38-28-30-47-45-20-7-6-18-43(45)44-19-8-9-21-46(44)52(47)35-38/h3-36H,1-2H3. The summed E-state index contributed by atoms with van der Waals surface area (Å²) >= 11 is 0. The summed E-state index contributed by atoms with van der Waals surface area (Å²) in [6.07, 6.45) is 0. The lowest BCUT2D eigenvalue weighted by atomic mass is 9.82. The molecule has 1 aliphatic carbocycles. The zero-order valence-electron chi connectivity index (χ0n) is 35.4. The van der Waals surface area contributed by atoms with Gasteiger partial charge >= 0.3 is 0 Å². The number of benzene rings is 10. The van der Waals surface area contributed by atoms with Crippen molar-refractivity contribution in [2.45, 2.75) is 19.3 Å². The number of hydrogen-bond donors (Lipinski definition) is 0. The number of aromatic nitrogens is 4. The fourth-order valence-electron chi connectivity index (χ4n) is 10.5. The Morgan fingerprint density at radius 2 is 0.797 bits per heavy atom. The van der Waals surface area contributed by atoms with E-state index in [1.54, 1.807) is 0 Å². The molecule has 0 aliphatic heterocycles. The second-order valence-corrected chi connectivity index (χ2v) is 17.6. The van der Waals surface area contributed by atoms with Crippen LogP contribution in [0.2, 0.25) is 0 Å². The third-order valence-corrected chi connectivity index (χ3v) is 13.6. The maximum absolute atomic E-state index is 5.40. The predicted molar refractivity (Wildman–Crippen MR) is 266 cm³/mol. The highest BCUT2D eigenvalue weighted by atomic mass is 15.0. The molecule has 12 aromatic rings. The van der Waals surface area contributed by atoms with Crippen LogP contribution in [0.3, 0.4) is 0 Å². The van der Waals surface area contributed by atoms with Crippen LogP contribution in [0.4, 0.5) is 0 Å². The van der Waals surface area contributed by atoms with E-state index >= 15 is 0 Å². The van der Waals surface area contributed by atoms with Crippen LogP contribution in [0.1, 0.15) is 25.0 Å². The number of nitrogens with zero attached hydrogens (tertiary/aromatic N) is 4. The topological polar surface area (TPSA) is 43.6 Å². The first-order valence-electron chi connectivity index (χ1n) is 22.0. The van der Waals surface area contributed by atoms with Gasteiger partial charge in [-0.3, -0.25) is 0 Å². The molecule has 4 nitrogen and oxygen atoms in total. The largest absolute Gasteiger partial charge is 0.309 e. The summed E-state index contributed by atoms with van der Waals surface area (Å²) in [4.78, 5) is 15.9. The van der Waals surface area contributed by atoms with Gasteiger partial charge in [0, 0.05) is 38.6 Å². The van der Waals surface area contributed by atoms with Crippen LogP contribution < -0.4 is 0 Å². The minimum Gasteiger partial charge on any atom is -0.309 e. The highest BCUT2D eigenvalue weighted by Crippen LogP contribution is 2.49. The number of rotatable bonds is 5. The third kappa shape index (κ3) is 5.52. The zero-order valence-corrected chi connectivity index (χ0v) is 35.4. The Morgan fingerprint density at radius 3 is 1.47 bits per heavy atom. The molecule has 300 valence electrons. The van der Waals surface area contributed by atoms with Gasteiger partial charge in [-0.05, 0) is 108 Å². The second-order valence-electron chi connectivity index (χ2n) is 17.6. The van der Waals surface area contributed by atoms with Crippen molar-refractivity contribution in [1.82, 2.24) is 19.5 Å². The van der Waals surface area contributed by atoms with Crippen molar-refractivity contribution in [3.8, 4) is 62.1 Å². The van der Waals surface area contributed by atoms with Crippen molar-refractivity contribution in [2.24, 2.45) is 0 Å². The van der Waals surface area contributed by atoms with Gasteiger partial charge in [-0.15, -0.1) is 0 Å². The molecular formula is C60H40N4. The summed E-state index contributed by atoms with van der Waals surface area (Å²) in [7, 11) is 0. The maximum Gasteiger partial charge on any atom is 0.164 e. The lowest BCUT2D eigenvalue weighted by molar-refractivity contribution is 0.660. The van der Waals surface area contributed by atoms with E-state index in [0.717, 1.165) is 44.5 Å². The SMILES string of the molecule is CC1(C)c2ccccc2-c2ccc(-c3nc(-c4ccccc4)nc(-c4cc(-c5ccc6c7ccccc7c7ccccc7c6c5)cc(-n5c6ccccc6c6ccccc65)c4)n3)cc21. The van der Waals surface area contributed by atoms with E-state index in [1.807, 2.05) is 18.2 Å². The maximum atomic E-state index is 5.40. The van der Waals surface area contributed by atoms with Gasteiger partial charge in [0.2, 0.25) is 0 Å². The second kappa shape index (κ2) is 13.9. The fourth-order valence-corrected chi connectivity index (χ4v) is 10.5. The molecular weight excluding hydrogens is 777 g/mol. The Labute approximate surface area is 370 Å². The summed E-state index contributed by atoms with van der Waals surface area (Å²) in [6, 6.07) is 74.5. The van der Waals surface area contributed by atoms with E-state index < -0.39 is 0 Å². The van der Waals surface area contributed by atoms with Crippen LogP contribution in [0, 0.1) is 0 Å². The minimum atomic E-state index is -0.164. The van der Waals surface area contributed by atoms with E-state index in [0.29, 0.717) is 17.5 Å². The Hall–Kier alpha value is -8.21. The number of hydrogen-bond acceptors (Lipinski definition) is 3. The summed E-state index contributed by atoms with van der Waals surface area (Å²) in [6.45, 7) is 4.63. The van der Waals surface area contributed by atoms with Gasteiger partial charge in [0.1, 0.15) is 0 Å². The molecule has 1 aliphatic rings. The average molecular weight is 817 g/mol. The Morgan fingerprint density at radius 1 is 0.312 bits per heavy atom. The summed E-state index contributed by atoms with van der Waals surface area (Å²) < 4.78 is 2.39. The highest BCUT2D eigenvalue weighted by Gasteiger charge is 2.35. The van der Waals surface area contributed by atoms with Gasteiger partial charge in [-0.25, -0.2) is 15.0 Å². The van der Waals surface area contributed by atoms with Crippen molar-refractivity contribution < 1.29 is 0 Å². The van der Waals surface area contributed by atoms with E-state index in [9.17, 15) is 0 Å². The summed E-state index contributed by atoms with van der Waals surface area (Å²) in [5, 5.41) is 9.92. The van der Waals surface area contributed by atoms with Gasteiger partial charge in [0.05, 0.1) is 11.0 Å². The molecule has 64 heavy (non-hydrogen) atoms. The lowest BCUT2D eigenvalue weighted by Gasteiger charge is -2.21. The van der Waals surface area contributed by atoms with Crippen molar-refractivity contribution in [2.75, 3.05) is 0 Å². The molecule has 0 N–H and O–H groups in total. The zero-order chi connectivity index (χ0) is 42.5. The molecule has 10 aromatic carbocycles. The van der Waals surface area contributed by atoms with Crippen LogP contribution in [-0.4, -0.2) is 19.5 Å². The predicted octanol–water partition coefficient (Wildman–Crippen LogP) is 15.4. The van der Waals surface area contributed by atoms with Gasteiger partial charge in [-0.1, -0.05) is 178 Å². The first kappa shape index (κ1) is 36.4. The molecule has 2 aromatic heterocycles. The van der Waals surface area contributed by atoms with E-state index in [-0.39, 0.29) is 5.41 Å². The van der Waals surface area contributed by atoms with E-state index in [4.69, 9.17) is 15.0 Å². The number of fused-ring (bicyclic) bond motifs is 12. The van der Waals surface area contributed by atoms with Crippen molar-refractivity contribution in [3.63, 3.8) is 0 Å². The van der Waals surface area contributed by atoms with Gasteiger partial charge in [0.25, 0.3) is 0 Å². The molecule has 0 fully saturated rings. The molecule has 0 saturated heterocycles. The number of para-hydroxylation sites is 2. The minimum absolute atomic E-state index is 0.164. The Bertz CT molecular complexity index is 3790. The normalized spacial score (nSPS) is 13.0. The lowest BCUT2D eigenvalue weighted by Crippen LogP contribution is -2.15. The quantitative estimate of drug-likeness (QED) is 0.163. The summed E-state index contributed by atoms with van der Waals surface area (Å²) in [5.74, 6) is 1.90. The van der Waals surface area contributed by atoms with Gasteiger partial charge < -0.3 is 4.57 Å². The summed E-state index contributed by atoms with van der Waals surface area (Å²) in [5.41, 5.74) is 13.3. The van der Waals surface area contributed by atoms with Gasteiger partial charge in [-0.2, -0.15) is 0 Å². The molecule has 0 saturated carbocycles. The van der Waals surface area contributed by atoms with Crippen molar-refractivity contribution >= 4 is 54.1 Å². The van der Waals surface area contributed by atoms with Crippen LogP contribution in [0.5, 0.6) is 0 Å². The Kier molecular flexibility index (Phi) is 7.92. The monoisotopic (exact) mass is 816 g/mol. The van der Waals surface area contributed by atoms with E-state index in [2.05, 4.69) is 206 Å². The van der Waals surface area contributed by atoms with Crippen LogP contribution >= 0.6 is 0 Å². The van der Waals surface area contributed by atoms with Crippen LogP contribution in [0.15, 0.2) is 206 Å². The average Bonchev–Trinajstić information content (AvgIpc) is 3.82. The smallest absolute Gasteiger partial charge is 0.164 e. The molecule has 13 rings (SSSR count). The molecule has 0 bridgehead atoms. The van der Waals surface area contributed by atoms with Crippen LogP contribution in [-0.2, 0) is 5.41 Å². The molecule has 0 atom stereocenters. The molecule has 0 radical (unpaired) electrons. The molecule has 2 heterocycles. The van der Waals surface area contributed by atoms with Crippen molar-refractivity contribution in [3.05, 3.63) is 217 Å². The Balaban J connectivity index is 1.07. The van der Waals surface area contributed by atoms with Crippen molar-refractivity contribution in [1.29, 1.82) is 0 Å². The first-order valence-corrected chi connectivity index (χ1v) is 22.0. The van der Waals surface area contributed by atoms with Gasteiger partial charge in [0.15, 0.2) is 17.5 Å². The fraction of sp³-hybridized carbons (Fsp3) is 0.0500.